The smallest absolute Gasteiger partial charge is 0.326 e. The molecule has 0 saturated heterocycles. The summed E-state index contributed by atoms with van der Waals surface area (Å²) in [5, 5.41) is 35.5. The molecule has 2 aromatic rings. The number of aliphatic hydroxyl groups is 1. The Balaban J connectivity index is 2.13. The maximum Gasteiger partial charge on any atom is 0.326 e. The van der Waals surface area contributed by atoms with Crippen LogP contribution < -0.4 is 21.7 Å². The van der Waals surface area contributed by atoms with E-state index in [1.165, 1.54) is 12.1 Å². The normalized spacial score (nSPS) is 14.1. The second-order valence-electron chi connectivity index (χ2n) is 8.05. The molecule has 0 aromatic heterocycles. The highest BCUT2D eigenvalue weighted by Gasteiger charge is 2.30. The van der Waals surface area contributed by atoms with Crippen LogP contribution in [0, 0.1) is 0 Å². The highest BCUT2D eigenvalue weighted by Crippen LogP contribution is 2.12. The maximum absolute atomic E-state index is 13.0. The van der Waals surface area contributed by atoms with E-state index in [-0.39, 0.29) is 24.3 Å². The molecule has 12 heteroatoms. The first kappa shape index (κ1) is 28.6. The van der Waals surface area contributed by atoms with Gasteiger partial charge in [0.15, 0.2) is 0 Å². The number of aliphatic carboxylic acids is 1. The number of hydrogen-bond acceptors (Lipinski definition) is 8. The number of carbonyl (C=O) groups excluding carboxylic acids is 3. The van der Waals surface area contributed by atoms with Gasteiger partial charge in [0.1, 0.15) is 29.9 Å². The monoisotopic (exact) mass is 518 g/mol. The number of rotatable bonds is 13. The third-order valence-electron chi connectivity index (χ3n) is 5.26. The Hall–Kier alpha value is -3.61. The second-order valence-corrected chi connectivity index (χ2v) is 8.42. The van der Waals surface area contributed by atoms with Crippen molar-refractivity contribution >= 4 is 36.3 Å². The number of nitrogens with two attached hydrogens (primary N) is 1. The van der Waals surface area contributed by atoms with Gasteiger partial charge in [0.25, 0.3) is 0 Å². The van der Waals surface area contributed by atoms with E-state index < -0.39 is 54.5 Å². The first-order valence-corrected chi connectivity index (χ1v) is 11.7. The summed E-state index contributed by atoms with van der Waals surface area (Å²) in [5.74, 6) is -3.66. The summed E-state index contributed by atoms with van der Waals surface area (Å²) in [5.41, 5.74) is 6.83. The summed E-state index contributed by atoms with van der Waals surface area (Å²) in [6, 6.07) is 9.77. The van der Waals surface area contributed by atoms with E-state index in [1.54, 1.807) is 42.5 Å². The first-order chi connectivity index (χ1) is 17.1. The molecule has 11 nitrogen and oxygen atoms in total. The molecule has 4 atom stereocenters. The van der Waals surface area contributed by atoms with Crippen molar-refractivity contribution in [1.29, 1.82) is 0 Å². The number of amides is 3. The van der Waals surface area contributed by atoms with Crippen LogP contribution in [0.1, 0.15) is 11.1 Å². The quantitative estimate of drug-likeness (QED) is 0.154. The number of phenolic OH excluding ortho intramolecular Hbond substituents is 1. The van der Waals surface area contributed by atoms with E-state index in [9.17, 15) is 29.4 Å². The Morgan fingerprint density at radius 1 is 0.778 bits per heavy atom. The fourth-order valence-electron chi connectivity index (χ4n) is 3.23. The van der Waals surface area contributed by atoms with Gasteiger partial charge in [-0.3, -0.25) is 14.4 Å². The van der Waals surface area contributed by atoms with Crippen LogP contribution in [0.15, 0.2) is 54.6 Å². The van der Waals surface area contributed by atoms with Crippen LogP contribution in [0.4, 0.5) is 0 Å². The number of aliphatic hydroxyl groups excluding tert-OH is 1. The lowest BCUT2D eigenvalue weighted by Crippen LogP contribution is -2.58. The van der Waals surface area contributed by atoms with Crippen LogP contribution in [0.2, 0.25) is 0 Å². The van der Waals surface area contributed by atoms with E-state index in [0.717, 1.165) is 0 Å². The molecule has 3 amide bonds. The molecule has 0 fully saturated rings. The van der Waals surface area contributed by atoms with E-state index in [1.807, 2.05) is 0 Å². The van der Waals surface area contributed by atoms with Gasteiger partial charge in [-0.25, -0.2) is 4.79 Å². The number of carbonyl (C=O) groups is 4. The van der Waals surface area contributed by atoms with Crippen molar-refractivity contribution in [2.24, 2.45) is 5.73 Å². The summed E-state index contributed by atoms with van der Waals surface area (Å²) in [4.78, 5) is 49.8. The van der Waals surface area contributed by atoms with Crippen molar-refractivity contribution in [3.05, 3.63) is 65.7 Å². The number of phenols is 1. The first-order valence-electron chi connectivity index (χ1n) is 11.1. The molecule has 194 valence electrons. The highest BCUT2D eigenvalue weighted by molar-refractivity contribution is 7.80. The minimum absolute atomic E-state index is 0.0112. The van der Waals surface area contributed by atoms with Crippen LogP contribution in [-0.2, 0) is 32.0 Å². The molecule has 0 heterocycles. The summed E-state index contributed by atoms with van der Waals surface area (Å²) in [7, 11) is 0. The number of aromatic hydroxyl groups is 1. The minimum Gasteiger partial charge on any atom is -0.508 e. The number of nitrogens with one attached hydrogen (secondary N) is 3. The molecule has 8 N–H and O–H groups in total. The average Bonchev–Trinajstić information content (AvgIpc) is 2.87. The Labute approximate surface area is 213 Å². The SMILES string of the molecule is NC(CO)C(=O)NC(Cc1ccc(O)cc1)C(=O)NC(CS)C(=O)NC(Cc1ccccc1)C(=O)O. The third-order valence-corrected chi connectivity index (χ3v) is 5.62. The zero-order valence-corrected chi connectivity index (χ0v) is 20.2. The lowest BCUT2D eigenvalue weighted by atomic mass is 10.0. The summed E-state index contributed by atoms with van der Waals surface area (Å²) >= 11 is 4.11. The van der Waals surface area contributed by atoms with Gasteiger partial charge in [-0.1, -0.05) is 42.5 Å². The van der Waals surface area contributed by atoms with Gasteiger partial charge in [0.05, 0.1) is 6.61 Å². The van der Waals surface area contributed by atoms with Crippen molar-refractivity contribution in [3.63, 3.8) is 0 Å². The molecule has 4 unspecified atom stereocenters. The van der Waals surface area contributed by atoms with Gasteiger partial charge in [-0.2, -0.15) is 12.6 Å². The average molecular weight is 519 g/mol. The molecule has 36 heavy (non-hydrogen) atoms. The van der Waals surface area contributed by atoms with Crippen LogP contribution in [0.3, 0.4) is 0 Å². The van der Waals surface area contributed by atoms with Crippen LogP contribution in [0.25, 0.3) is 0 Å². The second kappa shape index (κ2) is 14.1. The van der Waals surface area contributed by atoms with E-state index in [4.69, 9.17) is 10.8 Å². The van der Waals surface area contributed by atoms with Crippen LogP contribution >= 0.6 is 12.6 Å². The zero-order valence-electron chi connectivity index (χ0n) is 19.3. The van der Waals surface area contributed by atoms with Gasteiger partial charge in [-0.05, 0) is 23.3 Å². The predicted molar refractivity (Wildman–Crippen MR) is 134 cm³/mol. The molecule has 2 rings (SSSR count). The Kier molecular flexibility index (Phi) is 11.2. The predicted octanol–water partition coefficient (Wildman–Crippen LogP) is -1.03. The van der Waals surface area contributed by atoms with Gasteiger partial charge in [-0.15, -0.1) is 0 Å². The number of hydrogen-bond donors (Lipinski definition) is 8. The van der Waals surface area contributed by atoms with Crippen molar-refractivity contribution in [3.8, 4) is 5.75 Å². The topological polar surface area (TPSA) is 191 Å². The van der Waals surface area contributed by atoms with Gasteiger partial charge < -0.3 is 37.0 Å². The standard InChI is InChI=1S/C24H30N4O7S/c25-17(12-29)21(31)26-18(10-15-6-8-16(30)9-7-15)22(32)28-20(13-36)23(33)27-19(24(34)35)11-14-4-2-1-3-5-14/h1-9,17-20,29-30,36H,10-13,25H2,(H,26,31)(H,27,33)(H,28,32)(H,34,35). The molecule has 0 bridgehead atoms. The minimum atomic E-state index is -1.27. The number of carboxylic acid groups (broad SMARTS) is 1. The van der Waals surface area contributed by atoms with Crippen molar-refractivity contribution in [2.75, 3.05) is 12.4 Å². The maximum atomic E-state index is 13.0. The Bertz CT molecular complexity index is 1040. The van der Waals surface area contributed by atoms with Gasteiger partial charge in [0, 0.05) is 18.6 Å². The molecular formula is C24H30N4O7S. The van der Waals surface area contributed by atoms with Gasteiger partial charge >= 0.3 is 5.97 Å². The fourth-order valence-corrected chi connectivity index (χ4v) is 3.48. The van der Waals surface area contributed by atoms with E-state index in [0.29, 0.717) is 11.1 Å². The lowest BCUT2D eigenvalue weighted by Gasteiger charge is -2.24. The Morgan fingerprint density at radius 3 is 1.83 bits per heavy atom. The van der Waals surface area contributed by atoms with E-state index >= 15 is 0 Å². The molecule has 0 spiro atoms. The molecule has 0 aliphatic carbocycles. The molecule has 0 aliphatic heterocycles. The fraction of sp³-hybridized carbons (Fsp3) is 0.333. The number of carboxylic acids is 1. The molecule has 0 aliphatic rings. The lowest BCUT2D eigenvalue weighted by molar-refractivity contribution is -0.142. The largest absolute Gasteiger partial charge is 0.508 e. The van der Waals surface area contributed by atoms with Crippen LogP contribution in [0.5, 0.6) is 5.75 Å². The molecule has 0 radical (unpaired) electrons. The zero-order chi connectivity index (χ0) is 26.7. The summed E-state index contributed by atoms with van der Waals surface area (Å²) in [6.45, 7) is -0.640. The van der Waals surface area contributed by atoms with Gasteiger partial charge in [0.2, 0.25) is 17.7 Å². The third kappa shape index (κ3) is 8.87. The van der Waals surface area contributed by atoms with Crippen molar-refractivity contribution in [2.45, 2.75) is 37.0 Å². The molecule has 0 saturated carbocycles. The highest BCUT2D eigenvalue weighted by atomic mass is 32.1. The van der Waals surface area contributed by atoms with Crippen LogP contribution in [-0.4, -0.2) is 75.5 Å². The summed E-state index contributed by atoms with van der Waals surface area (Å²) in [6.07, 6.45) is 0.0242. The van der Waals surface area contributed by atoms with Crippen molar-refractivity contribution in [1.82, 2.24) is 16.0 Å². The Morgan fingerprint density at radius 2 is 1.28 bits per heavy atom. The number of benzene rings is 2. The van der Waals surface area contributed by atoms with E-state index in [2.05, 4.69) is 28.6 Å². The molecular weight excluding hydrogens is 488 g/mol. The molecule has 2 aromatic carbocycles. The summed E-state index contributed by atoms with van der Waals surface area (Å²) < 4.78 is 0. The van der Waals surface area contributed by atoms with Crippen molar-refractivity contribution < 1.29 is 34.5 Å². The number of thiol groups is 1.